The summed E-state index contributed by atoms with van der Waals surface area (Å²) < 4.78 is 1.27. The van der Waals surface area contributed by atoms with Crippen molar-refractivity contribution in [3.8, 4) is 5.69 Å². The molecule has 160 valence electrons. The lowest BCUT2D eigenvalue weighted by Crippen LogP contribution is -2.49. The number of hydrogen-bond donors (Lipinski definition) is 0. The summed E-state index contributed by atoms with van der Waals surface area (Å²) in [6.45, 7) is 2.09. The van der Waals surface area contributed by atoms with Crippen molar-refractivity contribution in [1.29, 1.82) is 0 Å². The highest BCUT2D eigenvalue weighted by Crippen LogP contribution is 2.23. The summed E-state index contributed by atoms with van der Waals surface area (Å²) in [5.74, 6) is -0.0351. The molecule has 31 heavy (non-hydrogen) atoms. The zero-order valence-electron chi connectivity index (χ0n) is 16.7. The summed E-state index contributed by atoms with van der Waals surface area (Å²) in [5.41, 5.74) is 0.836. The maximum absolute atomic E-state index is 12.7. The molecule has 2 aromatic heterocycles. The predicted molar refractivity (Wildman–Crippen MR) is 122 cm³/mol. The summed E-state index contributed by atoms with van der Waals surface area (Å²) in [6, 6.07) is 12.7. The molecule has 0 saturated carbocycles. The molecule has 3 aromatic rings. The van der Waals surface area contributed by atoms with Crippen molar-refractivity contribution in [2.24, 2.45) is 0 Å². The molecular weight excluding hydrogens is 436 g/mol. The maximum atomic E-state index is 12.7. The van der Waals surface area contributed by atoms with E-state index in [1.54, 1.807) is 29.3 Å². The maximum Gasteiger partial charge on any atom is 0.292 e. The number of rotatable bonds is 6. The summed E-state index contributed by atoms with van der Waals surface area (Å²) in [7, 11) is 0. The van der Waals surface area contributed by atoms with Gasteiger partial charge in [-0.05, 0) is 23.6 Å². The molecule has 0 spiro atoms. The minimum Gasteiger partial charge on any atom is -0.365 e. The van der Waals surface area contributed by atoms with Crippen molar-refractivity contribution >= 4 is 40.3 Å². The van der Waals surface area contributed by atoms with Crippen LogP contribution in [0.15, 0.2) is 58.8 Å². The minimum atomic E-state index is -0.379. The summed E-state index contributed by atoms with van der Waals surface area (Å²) >= 11 is 7.77. The number of carbonyl (C=O) groups excluding carboxylic acids is 2. The molecule has 9 heteroatoms. The second-order valence-corrected chi connectivity index (χ2v) is 8.49. The first kappa shape index (κ1) is 21.3. The number of anilines is 1. The Bertz CT molecular complexity index is 1120. The van der Waals surface area contributed by atoms with Crippen molar-refractivity contribution in [3.05, 3.63) is 74.3 Å². The molecule has 0 bridgehead atoms. The Kier molecular flexibility index (Phi) is 6.48. The second-order valence-electron chi connectivity index (χ2n) is 7.16. The van der Waals surface area contributed by atoms with Crippen molar-refractivity contribution < 1.29 is 9.59 Å². The first-order valence-electron chi connectivity index (χ1n) is 9.97. The average Bonchev–Trinajstić information content (AvgIpc) is 3.35. The largest absolute Gasteiger partial charge is 0.365 e. The fraction of sp³-hybridized carbons (Fsp3) is 0.273. The van der Waals surface area contributed by atoms with Crippen molar-refractivity contribution in [2.45, 2.75) is 12.8 Å². The predicted octanol–water partition coefficient (Wildman–Crippen LogP) is 3.26. The van der Waals surface area contributed by atoms with Gasteiger partial charge in [-0.1, -0.05) is 35.9 Å². The molecule has 3 heterocycles. The molecule has 1 aliphatic rings. The smallest absolute Gasteiger partial charge is 0.292 e. The molecule has 7 nitrogen and oxygen atoms in total. The Morgan fingerprint density at radius 2 is 1.74 bits per heavy atom. The van der Waals surface area contributed by atoms with Crippen molar-refractivity contribution in [1.82, 2.24) is 14.7 Å². The molecule has 0 radical (unpaired) electrons. The molecule has 0 aliphatic carbocycles. The van der Waals surface area contributed by atoms with Gasteiger partial charge in [-0.25, -0.2) is 0 Å². The first-order valence-corrected chi connectivity index (χ1v) is 11.2. The fourth-order valence-electron chi connectivity index (χ4n) is 3.53. The Morgan fingerprint density at radius 1 is 1.00 bits per heavy atom. The van der Waals surface area contributed by atoms with E-state index >= 15 is 0 Å². The number of ketones is 1. The number of piperazine rings is 1. The van der Waals surface area contributed by atoms with Crippen LogP contribution in [0, 0.1) is 0 Å². The van der Waals surface area contributed by atoms with Crippen LogP contribution in [-0.4, -0.2) is 52.5 Å². The fourth-order valence-corrected chi connectivity index (χ4v) is 4.48. The molecule has 1 fully saturated rings. The topological polar surface area (TPSA) is 75.5 Å². The van der Waals surface area contributed by atoms with E-state index in [9.17, 15) is 14.4 Å². The van der Waals surface area contributed by atoms with Gasteiger partial charge in [-0.3, -0.25) is 14.4 Å². The van der Waals surface area contributed by atoms with Crippen molar-refractivity contribution in [3.63, 3.8) is 0 Å². The van der Waals surface area contributed by atoms with Gasteiger partial charge in [0.25, 0.3) is 5.56 Å². The zero-order chi connectivity index (χ0) is 21.8. The average molecular weight is 457 g/mol. The number of thiophene rings is 1. The van der Waals surface area contributed by atoms with E-state index in [0.717, 1.165) is 0 Å². The van der Waals surface area contributed by atoms with Gasteiger partial charge >= 0.3 is 0 Å². The molecule has 1 amide bonds. The molecule has 1 saturated heterocycles. The van der Waals surface area contributed by atoms with Gasteiger partial charge in [-0.2, -0.15) is 9.78 Å². The highest BCUT2D eigenvalue weighted by atomic mass is 35.5. The Balaban J connectivity index is 1.36. The lowest BCUT2D eigenvalue weighted by atomic mass is 10.1. The molecule has 4 rings (SSSR count). The third kappa shape index (κ3) is 4.70. The SMILES string of the molecule is O=C(CCC(=O)N1CCN(c2cnn(-c3ccccc3)c(=O)c2Cl)CC1)c1cccs1. The Hall–Kier alpha value is -2.97. The van der Waals surface area contributed by atoms with Crippen LogP contribution in [-0.2, 0) is 4.79 Å². The van der Waals surface area contributed by atoms with Crippen LogP contribution >= 0.6 is 22.9 Å². The number of nitrogens with zero attached hydrogens (tertiary/aromatic N) is 4. The van der Waals surface area contributed by atoms with Crippen LogP contribution in [0.1, 0.15) is 22.5 Å². The number of benzene rings is 1. The molecule has 0 N–H and O–H groups in total. The zero-order valence-corrected chi connectivity index (χ0v) is 18.3. The molecule has 1 aliphatic heterocycles. The van der Waals surface area contributed by atoms with Gasteiger partial charge in [0, 0.05) is 39.0 Å². The van der Waals surface area contributed by atoms with E-state index in [-0.39, 0.29) is 35.1 Å². The highest BCUT2D eigenvalue weighted by Gasteiger charge is 2.24. The standard InChI is InChI=1S/C22H21ClN4O3S/c23-21-17(15-24-27(22(21)30)16-5-2-1-3-6-16)25-10-12-26(13-11-25)20(29)9-8-18(28)19-7-4-14-31-19/h1-7,14-15H,8-13H2. The Morgan fingerprint density at radius 3 is 2.42 bits per heavy atom. The van der Waals surface area contributed by atoms with Gasteiger partial charge in [0.2, 0.25) is 5.91 Å². The van der Waals surface area contributed by atoms with Crippen LogP contribution < -0.4 is 10.5 Å². The van der Waals surface area contributed by atoms with E-state index in [2.05, 4.69) is 5.10 Å². The minimum absolute atomic E-state index is 0.00109. The molecular formula is C22H21ClN4O3S. The highest BCUT2D eigenvalue weighted by molar-refractivity contribution is 7.12. The number of hydrogen-bond acceptors (Lipinski definition) is 6. The third-order valence-electron chi connectivity index (χ3n) is 5.24. The normalized spacial score (nSPS) is 14.0. The number of halogens is 1. The quantitative estimate of drug-likeness (QED) is 0.532. The van der Waals surface area contributed by atoms with Crippen LogP contribution in [0.5, 0.6) is 0 Å². The van der Waals surface area contributed by atoms with Crippen LogP contribution in [0.2, 0.25) is 5.02 Å². The third-order valence-corrected chi connectivity index (χ3v) is 6.50. The lowest BCUT2D eigenvalue weighted by Gasteiger charge is -2.36. The monoisotopic (exact) mass is 456 g/mol. The summed E-state index contributed by atoms with van der Waals surface area (Å²) in [5, 5.41) is 6.24. The number of aromatic nitrogens is 2. The van der Waals surface area contributed by atoms with Crippen LogP contribution in [0.25, 0.3) is 5.69 Å². The summed E-state index contributed by atoms with van der Waals surface area (Å²) in [4.78, 5) is 41.7. The van der Waals surface area contributed by atoms with E-state index in [0.29, 0.717) is 42.4 Å². The summed E-state index contributed by atoms with van der Waals surface area (Å²) in [6.07, 6.45) is 2.01. The van der Waals surface area contributed by atoms with E-state index in [1.807, 2.05) is 34.5 Å². The molecule has 0 atom stereocenters. The van der Waals surface area contributed by atoms with E-state index in [4.69, 9.17) is 11.6 Å². The molecule has 0 unspecified atom stereocenters. The number of Topliss-reactive ketones (excluding diaryl/α,β-unsaturated/α-hetero) is 1. The first-order chi connectivity index (χ1) is 15.0. The van der Waals surface area contributed by atoms with Crippen LogP contribution in [0.4, 0.5) is 5.69 Å². The van der Waals surface area contributed by atoms with Crippen LogP contribution in [0.3, 0.4) is 0 Å². The molecule has 1 aromatic carbocycles. The lowest BCUT2D eigenvalue weighted by molar-refractivity contribution is -0.131. The van der Waals surface area contributed by atoms with Gasteiger partial charge in [0.15, 0.2) is 5.78 Å². The van der Waals surface area contributed by atoms with Gasteiger partial charge < -0.3 is 9.80 Å². The number of amides is 1. The van der Waals surface area contributed by atoms with Gasteiger partial charge in [-0.15, -0.1) is 11.3 Å². The second kappa shape index (κ2) is 9.45. The number of carbonyl (C=O) groups is 2. The van der Waals surface area contributed by atoms with Gasteiger partial charge in [0.05, 0.1) is 22.4 Å². The van der Waals surface area contributed by atoms with E-state index < -0.39 is 0 Å². The van der Waals surface area contributed by atoms with Crippen molar-refractivity contribution in [2.75, 3.05) is 31.1 Å². The Labute approximate surface area is 188 Å². The number of para-hydroxylation sites is 1. The van der Waals surface area contributed by atoms with Gasteiger partial charge in [0.1, 0.15) is 5.02 Å². The van der Waals surface area contributed by atoms with E-state index in [1.165, 1.54) is 16.0 Å².